The molecule has 0 unspecified atom stereocenters. The van der Waals surface area contributed by atoms with Crippen LogP contribution in [0.1, 0.15) is 0 Å². The topological polar surface area (TPSA) is 46.2 Å². The number of para-hydroxylation sites is 1. The fraction of sp³-hybridized carbons (Fsp3) is 0.333. The van der Waals surface area contributed by atoms with Crippen LogP contribution in [0.5, 0.6) is 5.75 Å². The highest BCUT2D eigenvalue weighted by molar-refractivity contribution is 6.61. The van der Waals surface area contributed by atoms with Gasteiger partial charge in [0, 0.05) is 5.46 Å². The van der Waals surface area contributed by atoms with E-state index in [1.54, 1.807) is 19.2 Å². The summed E-state index contributed by atoms with van der Waals surface area (Å²) in [5.41, 5.74) is 0.684. The zero-order valence-electron chi connectivity index (χ0n) is 8.93. The molecule has 0 bridgehead atoms. The first-order valence-electron chi connectivity index (χ1n) is 4.35. The van der Waals surface area contributed by atoms with Crippen molar-refractivity contribution in [1.29, 1.82) is 0 Å². The number of hydrogen-bond acceptors (Lipinski definition) is 5. The summed E-state index contributed by atoms with van der Waals surface area (Å²) in [4.78, 5) is 18.9. The molecule has 0 saturated heterocycles. The van der Waals surface area contributed by atoms with Crippen LogP contribution in [-0.2, 0) is 19.4 Å². The standard InChI is InChI=1S/C9H13BO5/c1-11-9-7-5-4-6-8(9)10(14-12-2)15-13-3/h4-7H,1-3H3. The van der Waals surface area contributed by atoms with E-state index in [0.717, 1.165) is 0 Å². The molecular weight excluding hydrogens is 199 g/mol. The Morgan fingerprint density at radius 2 is 1.53 bits per heavy atom. The van der Waals surface area contributed by atoms with Gasteiger partial charge in [-0.3, -0.25) is 19.4 Å². The van der Waals surface area contributed by atoms with E-state index in [1.165, 1.54) is 14.2 Å². The minimum absolute atomic E-state index is 0.636. The van der Waals surface area contributed by atoms with Gasteiger partial charge in [0.05, 0.1) is 21.3 Å². The molecular formula is C9H13BO5. The fourth-order valence-corrected chi connectivity index (χ4v) is 1.16. The second-order valence-electron chi connectivity index (χ2n) is 2.60. The van der Waals surface area contributed by atoms with E-state index in [4.69, 9.17) is 14.3 Å². The van der Waals surface area contributed by atoms with Crippen LogP contribution in [0.4, 0.5) is 0 Å². The summed E-state index contributed by atoms with van der Waals surface area (Å²) in [5.74, 6) is 0.636. The lowest BCUT2D eigenvalue weighted by atomic mass is 9.79. The summed E-state index contributed by atoms with van der Waals surface area (Å²) in [7, 11) is 3.56. The average molecular weight is 212 g/mol. The van der Waals surface area contributed by atoms with Gasteiger partial charge >= 0.3 is 7.12 Å². The molecule has 1 aromatic rings. The lowest BCUT2D eigenvalue weighted by molar-refractivity contribution is -0.255. The maximum absolute atomic E-state index is 5.15. The van der Waals surface area contributed by atoms with Gasteiger partial charge < -0.3 is 4.74 Å². The summed E-state index contributed by atoms with van der Waals surface area (Å²) in [6.07, 6.45) is 0. The molecule has 0 spiro atoms. The number of benzene rings is 1. The smallest absolute Gasteiger partial charge is 0.497 e. The molecule has 0 aromatic heterocycles. The Morgan fingerprint density at radius 3 is 2.07 bits per heavy atom. The van der Waals surface area contributed by atoms with Crippen LogP contribution in [0, 0.1) is 0 Å². The third-order valence-corrected chi connectivity index (χ3v) is 1.76. The van der Waals surface area contributed by atoms with Gasteiger partial charge in [-0.1, -0.05) is 18.2 Å². The summed E-state index contributed by atoms with van der Waals surface area (Å²) in [6, 6.07) is 7.27. The number of methoxy groups -OCH3 is 1. The van der Waals surface area contributed by atoms with E-state index < -0.39 is 7.12 Å². The minimum atomic E-state index is -0.781. The highest BCUT2D eigenvalue weighted by Gasteiger charge is 2.27. The van der Waals surface area contributed by atoms with Gasteiger partial charge in [-0.25, -0.2) is 0 Å². The van der Waals surface area contributed by atoms with Crippen molar-refractivity contribution < 1.29 is 24.1 Å². The van der Waals surface area contributed by atoms with Crippen molar-refractivity contribution in [3.05, 3.63) is 24.3 Å². The van der Waals surface area contributed by atoms with Gasteiger partial charge in [0.15, 0.2) is 0 Å². The molecule has 82 valence electrons. The Balaban J connectivity index is 2.88. The predicted octanol–water partition coefficient (Wildman–Crippen LogP) is 0.546. The van der Waals surface area contributed by atoms with Gasteiger partial charge in [0.1, 0.15) is 5.75 Å². The summed E-state index contributed by atoms with van der Waals surface area (Å²) >= 11 is 0. The van der Waals surface area contributed by atoms with Crippen molar-refractivity contribution in [3.8, 4) is 5.75 Å². The highest BCUT2D eigenvalue weighted by atomic mass is 17.3. The van der Waals surface area contributed by atoms with Crippen LogP contribution >= 0.6 is 0 Å². The molecule has 0 aliphatic carbocycles. The minimum Gasteiger partial charge on any atom is -0.497 e. The van der Waals surface area contributed by atoms with Crippen LogP contribution in [0.3, 0.4) is 0 Å². The Bertz CT molecular complexity index is 288. The predicted molar refractivity (Wildman–Crippen MR) is 54.6 cm³/mol. The normalized spacial score (nSPS) is 10.1. The molecule has 1 aromatic carbocycles. The molecule has 0 fully saturated rings. The maximum Gasteiger partial charge on any atom is 0.558 e. The lowest BCUT2D eigenvalue weighted by Gasteiger charge is -2.12. The first kappa shape index (κ1) is 12.0. The van der Waals surface area contributed by atoms with Crippen LogP contribution in [0.2, 0.25) is 0 Å². The fourth-order valence-electron chi connectivity index (χ4n) is 1.16. The summed E-state index contributed by atoms with van der Waals surface area (Å²) in [5, 5.41) is 0. The van der Waals surface area contributed by atoms with Gasteiger partial charge in [-0.15, -0.1) is 0 Å². The third kappa shape index (κ3) is 3.21. The van der Waals surface area contributed by atoms with E-state index in [9.17, 15) is 0 Å². The van der Waals surface area contributed by atoms with Crippen molar-refractivity contribution in [2.24, 2.45) is 0 Å². The second kappa shape index (κ2) is 6.42. The quantitative estimate of drug-likeness (QED) is 0.391. The van der Waals surface area contributed by atoms with Gasteiger partial charge in [-0.05, 0) is 6.07 Å². The molecule has 0 atom stereocenters. The third-order valence-electron chi connectivity index (χ3n) is 1.76. The van der Waals surface area contributed by atoms with Crippen LogP contribution < -0.4 is 10.2 Å². The molecule has 0 saturated carbocycles. The first-order valence-corrected chi connectivity index (χ1v) is 4.35. The van der Waals surface area contributed by atoms with Crippen molar-refractivity contribution in [3.63, 3.8) is 0 Å². The molecule has 0 radical (unpaired) electrons. The van der Waals surface area contributed by atoms with Crippen LogP contribution in [0.15, 0.2) is 24.3 Å². The monoisotopic (exact) mass is 212 g/mol. The van der Waals surface area contributed by atoms with Crippen molar-refractivity contribution >= 4 is 12.6 Å². The Morgan fingerprint density at radius 1 is 0.933 bits per heavy atom. The van der Waals surface area contributed by atoms with E-state index in [2.05, 4.69) is 9.78 Å². The maximum atomic E-state index is 5.15. The van der Waals surface area contributed by atoms with Gasteiger partial charge in [-0.2, -0.15) is 0 Å². The van der Waals surface area contributed by atoms with E-state index in [0.29, 0.717) is 11.2 Å². The lowest BCUT2D eigenvalue weighted by Crippen LogP contribution is -2.37. The number of ether oxygens (including phenoxy) is 1. The summed E-state index contributed by atoms with van der Waals surface area (Å²) in [6.45, 7) is 0. The van der Waals surface area contributed by atoms with Gasteiger partial charge in [0.25, 0.3) is 0 Å². The van der Waals surface area contributed by atoms with Crippen molar-refractivity contribution in [2.75, 3.05) is 21.3 Å². The first-order chi connectivity index (χ1) is 7.33. The molecule has 15 heavy (non-hydrogen) atoms. The average Bonchev–Trinajstić information content (AvgIpc) is 2.29. The van der Waals surface area contributed by atoms with Gasteiger partial charge in [0.2, 0.25) is 0 Å². The molecule has 5 nitrogen and oxygen atoms in total. The largest absolute Gasteiger partial charge is 0.558 e. The second-order valence-corrected chi connectivity index (χ2v) is 2.60. The van der Waals surface area contributed by atoms with Crippen molar-refractivity contribution in [2.45, 2.75) is 0 Å². The Kier molecular flexibility index (Phi) is 5.13. The zero-order valence-corrected chi connectivity index (χ0v) is 8.93. The summed E-state index contributed by atoms with van der Waals surface area (Å²) < 4.78 is 5.15. The number of hydrogen-bond donors (Lipinski definition) is 0. The molecule has 6 heteroatoms. The molecule has 1 rings (SSSR count). The van der Waals surface area contributed by atoms with E-state index in [1.807, 2.05) is 12.1 Å². The molecule has 0 heterocycles. The molecule has 0 amide bonds. The van der Waals surface area contributed by atoms with E-state index in [-0.39, 0.29) is 0 Å². The van der Waals surface area contributed by atoms with Crippen molar-refractivity contribution in [1.82, 2.24) is 0 Å². The SMILES string of the molecule is COOB(OOC)c1ccccc1OC. The number of rotatable bonds is 6. The Labute approximate surface area is 88.8 Å². The molecule has 0 N–H and O–H groups in total. The zero-order chi connectivity index (χ0) is 11.1. The van der Waals surface area contributed by atoms with E-state index >= 15 is 0 Å². The molecule has 0 aliphatic rings. The van der Waals surface area contributed by atoms with Crippen LogP contribution in [0.25, 0.3) is 0 Å². The molecule has 0 aliphatic heterocycles. The Hall–Kier alpha value is -1.08. The van der Waals surface area contributed by atoms with Crippen LogP contribution in [-0.4, -0.2) is 28.4 Å². The highest BCUT2D eigenvalue weighted by Crippen LogP contribution is 2.08.